The molecule has 1 N–H and O–H groups in total. The van der Waals surface area contributed by atoms with Gasteiger partial charge in [-0.05, 0) is 44.0 Å². The fourth-order valence-electron chi connectivity index (χ4n) is 2.81. The molecule has 1 amide bonds. The standard InChI is InChI=1S/C21H24N4O4S/c1-6-28-21(27)18-13(3)17-19(22-11-23-20(17)30-18)24-14-8-7-12(2)9-15(14)29-10-16(26)25(4)5/h7-9,11H,6,10H2,1-5H3,(H,22,23,24). The molecular formula is C21H24N4O4S. The van der Waals surface area contributed by atoms with E-state index in [1.54, 1.807) is 21.0 Å². The Kier molecular flexibility index (Phi) is 6.51. The second kappa shape index (κ2) is 9.08. The Balaban J connectivity index is 1.96. The number of nitrogens with one attached hydrogen (secondary N) is 1. The van der Waals surface area contributed by atoms with Gasteiger partial charge in [0, 0.05) is 14.1 Å². The number of hydrogen-bond acceptors (Lipinski definition) is 8. The van der Waals surface area contributed by atoms with Crippen LogP contribution in [0.25, 0.3) is 10.2 Å². The quantitative estimate of drug-likeness (QED) is 0.574. The summed E-state index contributed by atoms with van der Waals surface area (Å²) in [4.78, 5) is 35.5. The zero-order chi connectivity index (χ0) is 21.8. The van der Waals surface area contributed by atoms with Gasteiger partial charge in [-0.2, -0.15) is 0 Å². The van der Waals surface area contributed by atoms with Crippen molar-refractivity contribution in [2.75, 3.05) is 32.6 Å². The number of fused-ring (bicyclic) bond motifs is 1. The van der Waals surface area contributed by atoms with Gasteiger partial charge >= 0.3 is 5.97 Å². The van der Waals surface area contributed by atoms with Crippen molar-refractivity contribution in [2.24, 2.45) is 0 Å². The highest BCUT2D eigenvalue weighted by Gasteiger charge is 2.21. The summed E-state index contributed by atoms with van der Waals surface area (Å²) >= 11 is 1.27. The Morgan fingerprint density at radius 2 is 1.97 bits per heavy atom. The lowest BCUT2D eigenvalue weighted by atomic mass is 10.2. The highest BCUT2D eigenvalue weighted by atomic mass is 32.1. The molecule has 158 valence electrons. The number of hydrogen-bond donors (Lipinski definition) is 1. The van der Waals surface area contributed by atoms with Gasteiger partial charge in [0.2, 0.25) is 0 Å². The molecule has 0 unspecified atom stereocenters. The summed E-state index contributed by atoms with van der Waals surface area (Å²) in [6.45, 7) is 5.80. The number of carbonyl (C=O) groups is 2. The number of amides is 1. The number of aryl methyl sites for hydroxylation is 2. The Morgan fingerprint density at radius 3 is 2.67 bits per heavy atom. The summed E-state index contributed by atoms with van der Waals surface area (Å²) in [6.07, 6.45) is 1.44. The fraction of sp³-hybridized carbons (Fsp3) is 0.333. The van der Waals surface area contributed by atoms with Crippen molar-refractivity contribution in [1.29, 1.82) is 0 Å². The average molecular weight is 429 g/mol. The maximum absolute atomic E-state index is 12.3. The van der Waals surface area contributed by atoms with E-state index in [1.165, 1.54) is 22.6 Å². The van der Waals surface area contributed by atoms with Gasteiger partial charge in [-0.15, -0.1) is 11.3 Å². The Labute approximate surface area is 178 Å². The van der Waals surface area contributed by atoms with E-state index in [0.717, 1.165) is 16.5 Å². The number of nitrogens with zero attached hydrogens (tertiary/aromatic N) is 3. The van der Waals surface area contributed by atoms with Crippen molar-refractivity contribution in [3.05, 3.63) is 40.5 Å². The monoisotopic (exact) mass is 428 g/mol. The van der Waals surface area contributed by atoms with Gasteiger partial charge in [0.1, 0.15) is 27.6 Å². The van der Waals surface area contributed by atoms with Crippen LogP contribution in [-0.2, 0) is 9.53 Å². The van der Waals surface area contributed by atoms with Crippen molar-refractivity contribution in [3.63, 3.8) is 0 Å². The fourth-order valence-corrected chi connectivity index (χ4v) is 3.85. The van der Waals surface area contributed by atoms with Crippen molar-refractivity contribution < 1.29 is 19.1 Å². The van der Waals surface area contributed by atoms with Crippen LogP contribution in [0, 0.1) is 13.8 Å². The van der Waals surface area contributed by atoms with Gasteiger partial charge in [0.05, 0.1) is 17.7 Å². The lowest BCUT2D eigenvalue weighted by molar-refractivity contribution is -0.130. The van der Waals surface area contributed by atoms with Crippen LogP contribution in [0.4, 0.5) is 11.5 Å². The predicted molar refractivity (Wildman–Crippen MR) is 117 cm³/mol. The second-order valence-corrected chi connectivity index (χ2v) is 7.88. The molecule has 30 heavy (non-hydrogen) atoms. The highest BCUT2D eigenvalue weighted by molar-refractivity contribution is 7.20. The van der Waals surface area contributed by atoms with Crippen molar-refractivity contribution in [2.45, 2.75) is 20.8 Å². The zero-order valence-electron chi connectivity index (χ0n) is 17.6. The lowest BCUT2D eigenvalue weighted by Gasteiger charge is -2.16. The molecule has 0 atom stereocenters. The predicted octanol–water partition coefficient (Wildman–Crippen LogP) is 3.70. The van der Waals surface area contributed by atoms with Gasteiger partial charge in [-0.25, -0.2) is 14.8 Å². The molecule has 0 bridgehead atoms. The molecule has 2 heterocycles. The topological polar surface area (TPSA) is 93.6 Å². The zero-order valence-corrected chi connectivity index (χ0v) is 18.4. The molecule has 0 aliphatic carbocycles. The summed E-state index contributed by atoms with van der Waals surface area (Å²) in [7, 11) is 3.36. The number of carbonyl (C=O) groups excluding carboxylic acids is 2. The SMILES string of the molecule is CCOC(=O)c1sc2ncnc(Nc3ccc(C)cc3OCC(=O)N(C)C)c2c1C. The molecule has 0 radical (unpaired) electrons. The minimum Gasteiger partial charge on any atom is -0.482 e. The van der Waals surface area contributed by atoms with Crippen LogP contribution in [0.15, 0.2) is 24.5 Å². The first kappa shape index (κ1) is 21.5. The number of aromatic nitrogens is 2. The molecule has 0 fully saturated rings. The Bertz CT molecular complexity index is 1090. The van der Waals surface area contributed by atoms with Crippen molar-refractivity contribution >= 4 is 44.9 Å². The first-order valence-electron chi connectivity index (χ1n) is 9.43. The molecular weight excluding hydrogens is 404 g/mol. The van der Waals surface area contributed by atoms with Crippen LogP contribution < -0.4 is 10.1 Å². The summed E-state index contributed by atoms with van der Waals surface area (Å²) in [5.41, 5.74) is 2.42. The Hall–Kier alpha value is -3.20. The highest BCUT2D eigenvalue weighted by Crippen LogP contribution is 2.36. The molecule has 1 aromatic carbocycles. The van der Waals surface area contributed by atoms with E-state index in [1.807, 2.05) is 32.0 Å². The van der Waals surface area contributed by atoms with Crippen LogP contribution in [0.2, 0.25) is 0 Å². The lowest BCUT2D eigenvalue weighted by Crippen LogP contribution is -2.27. The third-order valence-corrected chi connectivity index (χ3v) is 5.61. The third kappa shape index (κ3) is 4.51. The van der Waals surface area contributed by atoms with Crippen molar-refractivity contribution in [3.8, 4) is 5.75 Å². The van der Waals surface area contributed by atoms with Gasteiger partial charge in [0.15, 0.2) is 6.61 Å². The summed E-state index contributed by atoms with van der Waals surface area (Å²) in [6, 6.07) is 5.66. The van der Waals surface area contributed by atoms with E-state index in [0.29, 0.717) is 33.6 Å². The van der Waals surface area contributed by atoms with Crippen molar-refractivity contribution in [1.82, 2.24) is 14.9 Å². The van der Waals surface area contributed by atoms with Gasteiger partial charge in [-0.3, -0.25) is 4.79 Å². The minimum absolute atomic E-state index is 0.0746. The van der Waals surface area contributed by atoms with E-state index in [4.69, 9.17) is 9.47 Å². The maximum atomic E-state index is 12.3. The average Bonchev–Trinajstić information content (AvgIpc) is 3.05. The molecule has 0 aliphatic heterocycles. The minimum atomic E-state index is -0.370. The number of benzene rings is 1. The summed E-state index contributed by atoms with van der Waals surface area (Å²) in [5, 5.41) is 4.03. The van der Waals surface area contributed by atoms with Crippen LogP contribution >= 0.6 is 11.3 Å². The van der Waals surface area contributed by atoms with E-state index >= 15 is 0 Å². The number of rotatable bonds is 7. The molecule has 9 heteroatoms. The van der Waals surface area contributed by atoms with E-state index in [9.17, 15) is 9.59 Å². The number of esters is 1. The summed E-state index contributed by atoms with van der Waals surface area (Å²) < 4.78 is 10.9. The molecule has 3 aromatic rings. The molecule has 0 saturated carbocycles. The first-order valence-corrected chi connectivity index (χ1v) is 10.2. The summed E-state index contributed by atoms with van der Waals surface area (Å²) in [5.74, 6) is 0.581. The van der Waals surface area contributed by atoms with Gasteiger partial charge in [0.25, 0.3) is 5.91 Å². The maximum Gasteiger partial charge on any atom is 0.348 e. The third-order valence-electron chi connectivity index (χ3n) is 4.43. The molecule has 8 nitrogen and oxygen atoms in total. The van der Waals surface area contributed by atoms with E-state index < -0.39 is 0 Å². The van der Waals surface area contributed by atoms with Crippen LogP contribution in [0.5, 0.6) is 5.75 Å². The smallest absolute Gasteiger partial charge is 0.348 e. The van der Waals surface area contributed by atoms with E-state index in [2.05, 4.69) is 15.3 Å². The Morgan fingerprint density at radius 1 is 1.20 bits per heavy atom. The number of likely N-dealkylation sites (N-methyl/N-ethyl adjacent to an activating group) is 1. The van der Waals surface area contributed by atoms with E-state index in [-0.39, 0.29) is 18.5 Å². The molecule has 0 saturated heterocycles. The number of ether oxygens (including phenoxy) is 2. The molecule has 0 aliphatic rings. The van der Waals surface area contributed by atoms with Gasteiger partial charge in [-0.1, -0.05) is 6.07 Å². The first-order chi connectivity index (χ1) is 14.3. The normalized spacial score (nSPS) is 10.7. The van der Waals surface area contributed by atoms with Gasteiger partial charge < -0.3 is 19.7 Å². The molecule has 2 aromatic heterocycles. The number of anilines is 2. The molecule has 3 rings (SSSR count). The largest absolute Gasteiger partial charge is 0.482 e. The molecule has 0 spiro atoms. The van der Waals surface area contributed by atoms with Crippen LogP contribution in [0.1, 0.15) is 27.7 Å². The second-order valence-electron chi connectivity index (χ2n) is 6.88. The van der Waals surface area contributed by atoms with Crippen LogP contribution in [-0.4, -0.2) is 54.1 Å². The van der Waals surface area contributed by atoms with Crippen LogP contribution in [0.3, 0.4) is 0 Å². The number of thiophene rings is 1.